The maximum atomic E-state index is 13.4. The number of likely N-dealkylation sites (tertiary alicyclic amines) is 1. The standard InChI is InChI=1S/C22H23FN4O2.2C2H6/c23-18-3-1-2-15(10-18)12-21-24-22(26-25-21)17-6-8-27(9-7-17)13-16-4-5-19-20(11-16)29-14-28-19;2*1-2/h1-5,10-11,17H,6-9,12-14H2,(H,24,25,26);2*1-2H3. The number of aromatic amines is 1. The van der Waals surface area contributed by atoms with Gasteiger partial charge in [0.05, 0.1) is 0 Å². The van der Waals surface area contributed by atoms with Crippen LogP contribution in [0.15, 0.2) is 42.5 Å². The van der Waals surface area contributed by atoms with E-state index in [4.69, 9.17) is 9.47 Å². The number of nitrogens with zero attached hydrogens (tertiary/aromatic N) is 3. The maximum Gasteiger partial charge on any atom is 0.231 e. The molecule has 0 bridgehead atoms. The fourth-order valence-corrected chi connectivity index (χ4v) is 4.06. The highest BCUT2D eigenvalue weighted by atomic mass is 19.1. The molecule has 1 saturated heterocycles. The number of hydrogen-bond donors (Lipinski definition) is 1. The molecule has 0 spiro atoms. The van der Waals surface area contributed by atoms with Crippen molar-refractivity contribution in [3.8, 4) is 11.5 Å². The number of aromatic nitrogens is 3. The van der Waals surface area contributed by atoms with Crippen LogP contribution in [-0.2, 0) is 13.0 Å². The summed E-state index contributed by atoms with van der Waals surface area (Å²) in [7, 11) is 0. The van der Waals surface area contributed by atoms with Crippen molar-refractivity contribution in [2.45, 2.75) is 59.4 Å². The second-order valence-electron chi connectivity index (χ2n) is 7.69. The summed E-state index contributed by atoms with van der Waals surface area (Å²) in [4.78, 5) is 7.12. The lowest BCUT2D eigenvalue weighted by molar-refractivity contribution is 0.173. The van der Waals surface area contributed by atoms with E-state index in [2.05, 4.69) is 32.2 Å². The highest BCUT2D eigenvalue weighted by molar-refractivity contribution is 5.44. The summed E-state index contributed by atoms with van der Waals surface area (Å²) in [6, 6.07) is 12.8. The summed E-state index contributed by atoms with van der Waals surface area (Å²) >= 11 is 0. The van der Waals surface area contributed by atoms with Crippen molar-refractivity contribution >= 4 is 0 Å². The lowest BCUT2D eigenvalue weighted by Crippen LogP contribution is -2.32. The molecule has 0 unspecified atom stereocenters. The summed E-state index contributed by atoms with van der Waals surface area (Å²) < 4.78 is 24.2. The number of rotatable bonds is 5. The summed E-state index contributed by atoms with van der Waals surface area (Å²) in [5.41, 5.74) is 2.13. The van der Waals surface area contributed by atoms with Gasteiger partial charge in [0.2, 0.25) is 6.79 Å². The van der Waals surface area contributed by atoms with Crippen molar-refractivity contribution in [2.75, 3.05) is 19.9 Å². The maximum absolute atomic E-state index is 13.4. The fraction of sp³-hybridized carbons (Fsp3) is 0.462. The van der Waals surface area contributed by atoms with Crippen molar-refractivity contribution in [1.29, 1.82) is 0 Å². The molecule has 7 heteroatoms. The molecule has 2 aliphatic rings. The normalized spacial score (nSPS) is 15.3. The molecular formula is C26H35FN4O2. The van der Waals surface area contributed by atoms with Gasteiger partial charge in [0.1, 0.15) is 11.6 Å². The van der Waals surface area contributed by atoms with Gasteiger partial charge < -0.3 is 9.47 Å². The Hall–Kier alpha value is -2.93. The minimum Gasteiger partial charge on any atom is -0.454 e. The highest BCUT2D eigenvalue weighted by Gasteiger charge is 2.24. The second kappa shape index (κ2) is 12.3. The first-order chi connectivity index (χ1) is 16.2. The number of ether oxygens (including phenoxy) is 2. The van der Waals surface area contributed by atoms with E-state index >= 15 is 0 Å². The molecule has 3 aromatic rings. The van der Waals surface area contributed by atoms with Gasteiger partial charge in [0.15, 0.2) is 17.3 Å². The van der Waals surface area contributed by atoms with Crippen LogP contribution >= 0.6 is 0 Å². The lowest BCUT2D eigenvalue weighted by Gasteiger charge is -2.30. The van der Waals surface area contributed by atoms with Crippen molar-refractivity contribution in [1.82, 2.24) is 20.1 Å². The minimum atomic E-state index is -0.225. The Kier molecular flexibility index (Phi) is 9.24. The minimum absolute atomic E-state index is 0.225. The Bertz CT molecular complexity index is 999. The van der Waals surface area contributed by atoms with Crippen LogP contribution < -0.4 is 9.47 Å². The number of nitrogens with one attached hydrogen (secondary N) is 1. The summed E-state index contributed by atoms with van der Waals surface area (Å²) in [5.74, 6) is 3.46. The molecule has 2 aliphatic heterocycles. The molecule has 0 atom stereocenters. The number of fused-ring (bicyclic) bond motifs is 1. The van der Waals surface area contributed by atoms with Gasteiger partial charge >= 0.3 is 0 Å². The number of halogens is 1. The molecule has 5 rings (SSSR count). The number of piperidine rings is 1. The molecule has 178 valence electrons. The molecule has 0 aliphatic carbocycles. The van der Waals surface area contributed by atoms with Crippen LogP contribution in [0.4, 0.5) is 4.39 Å². The lowest BCUT2D eigenvalue weighted by atomic mass is 9.96. The first-order valence-electron chi connectivity index (χ1n) is 12.0. The number of hydrogen-bond acceptors (Lipinski definition) is 5. The van der Waals surface area contributed by atoms with E-state index in [0.29, 0.717) is 19.1 Å². The number of H-pyrrole nitrogens is 1. The average molecular weight is 455 g/mol. The van der Waals surface area contributed by atoms with E-state index in [1.54, 1.807) is 6.07 Å². The van der Waals surface area contributed by atoms with E-state index in [9.17, 15) is 4.39 Å². The second-order valence-corrected chi connectivity index (χ2v) is 7.69. The predicted octanol–water partition coefficient (Wildman–Crippen LogP) is 5.70. The SMILES string of the molecule is CC.CC.Fc1cccc(Cc2nc(C3CCN(Cc4ccc5c(c4)OCO5)CC3)n[nH]2)c1. The molecule has 6 nitrogen and oxygen atoms in total. The van der Waals surface area contributed by atoms with Crippen molar-refractivity contribution < 1.29 is 13.9 Å². The predicted molar refractivity (Wildman–Crippen MR) is 128 cm³/mol. The Morgan fingerprint density at radius 1 is 0.970 bits per heavy atom. The smallest absolute Gasteiger partial charge is 0.231 e. The molecule has 1 fully saturated rings. The quantitative estimate of drug-likeness (QED) is 0.536. The topological polar surface area (TPSA) is 63.3 Å². The van der Waals surface area contributed by atoms with Crippen LogP contribution in [0.5, 0.6) is 11.5 Å². The number of benzene rings is 2. The van der Waals surface area contributed by atoms with E-state index in [0.717, 1.165) is 61.2 Å². The third-order valence-corrected chi connectivity index (χ3v) is 5.61. The van der Waals surface area contributed by atoms with Crippen molar-refractivity contribution in [3.05, 3.63) is 71.1 Å². The van der Waals surface area contributed by atoms with Gasteiger partial charge in [0.25, 0.3) is 0 Å². The fourth-order valence-electron chi connectivity index (χ4n) is 4.06. The van der Waals surface area contributed by atoms with Gasteiger partial charge in [-0.05, 0) is 61.3 Å². The monoisotopic (exact) mass is 454 g/mol. The van der Waals surface area contributed by atoms with E-state index in [-0.39, 0.29) is 5.82 Å². The summed E-state index contributed by atoms with van der Waals surface area (Å²) in [6.45, 7) is 11.2. The summed E-state index contributed by atoms with van der Waals surface area (Å²) in [6.07, 6.45) is 2.62. The van der Waals surface area contributed by atoms with Crippen LogP contribution in [0.1, 0.15) is 69.2 Å². The van der Waals surface area contributed by atoms with Crippen LogP contribution in [-0.4, -0.2) is 40.0 Å². The molecule has 2 aromatic carbocycles. The van der Waals surface area contributed by atoms with Crippen molar-refractivity contribution in [3.63, 3.8) is 0 Å². The third kappa shape index (κ3) is 6.54. The Morgan fingerprint density at radius 3 is 2.48 bits per heavy atom. The molecule has 0 amide bonds. The Labute approximate surface area is 196 Å². The Balaban J connectivity index is 0.000000728. The van der Waals surface area contributed by atoms with Gasteiger partial charge in [-0.2, -0.15) is 5.10 Å². The van der Waals surface area contributed by atoms with Crippen LogP contribution in [0, 0.1) is 5.82 Å². The van der Waals surface area contributed by atoms with Crippen LogP contribution in [0.2, 0.25) is 0 Å². The molecular weight excluding hydrogens is 419 g/mol. The molecule has 0 radical (unpaired) electrons. The molecule has 0 saturated carbocycles. The van der Waals surface area contributed by atoms with E-state index < -0.39 is 0 Å². The zero-order chi connectivity index (χ0) is 23.6. The zero-order valence-electron chi connectivity index (χ0n) is 20.1. The third-order valence-electron chi connectivity index (χ3n) is 5.61. The van der Waals surface area contributed by atoms with Gasteiger partial charge in [-0.3, -0.25) is 10.00 Å². The van der Waals surface area contributed by atoms with E-state index in [1.807, 2.05) is 39.8 Å². The largest absolute Gasteiger partial charge is 0.454 e. The summed E-state index contributed by atoms with van der Waals surface area (Å²) in [5, 5.41) is 7.45. The highest BCUT2D eigenvalue weighted by Crippen LogP contribution is 2.33. The van der Waals surface area contributed by atoms with Gasteiger partial charge in [-0.25, -0.2) is 9.37 Å². The van der Waals surface area contributed by atoms with E-state index in [1.165, 1.54) is 17.7 Å². The average Bonchev–Trinajstić information content (AvgIpc) is 3.52. The van der Waals surface area contributed by atoms with Crippen molar-refractivity contribution in [2.24, 2.45) is 0 Å². The zero-order valence-corrected chi connectivity index (χ0v) is 20.1. The first kappa shape index (κ1) is 24.7. The van der Waals surface area contributed by atoms with Crippen LogP contribution in [0.3, 0.4) is 0 Å². The molecule has 3 heterocycles. The Morgan fingerprint density at radius 2 is 1.73 bits per heavy atom. The van der Waals surface area contributed by atoms with Gasteiger partial charge in [0, 0.05) is 18.9 Å². The molecule has 33 heavy (non-hydrogen) atoms. The van der Waals surface area contributed by atoms with Gasteiger partial charge in [-0.1, -0.05) is 45.9 Å². The first-order valence-corrected chi connectivity index (χ1v) is 12.0. The molecule has 1 aromatic heterocycles. The van der Waals surface area contributed by atoms with Gasteiger partial charge in [-0.15, -0.1) is 0 Å². The molecule has 1 N–H and O–H groups in total. The van der Waals surface area contributed by atoms with Crippen LogP contribution in [0.25, 0.3) is 0 Å².